The van der Waals surface area contributed by atoms with E-state index in [1.165, 1.54) is 0 Å². The van der Waals surface area contributed by atoms with E-state index < -0.39 is 7.14 Å². The van der Waals surface area contributed by atoms with Crippen LogP contribution in [0.2, 0.25) is 0 Å². The second kappa shape index (κ2) is 11.9. The highest BCUT2D eigenvalue weighted by Crippen LogP contribution is 2.45. The molecule has 13 heteroatoms. The number of H-pyrrole nitrogens is 1. The van der Waals surface area contributed by atoms with E-state index in [4.69, 9.17) is 19.2 Å². The van der Waals surface area contributed by atoms with Crippen molar-refractivity contribution in [3.05, 3.63) is 48.2 Å². The number of methoxy groups -OCH3 is 1. The van der Waals surface area contributed by atoms with Gasteiger partial charge in [0.2, 0.25) is 5.95 Å². The van der Waals surface area contributed by atoms with Crippen molar-refractivity contribution in [3.63, 3.8) is 0 Å². The Hall–Kier alpha value is -4.30. The third-order valence-corrected chi connectivity index (χ3v) is 10.5. The lowest BCUT2D eigenvalue weighted by Crippen LogP contribution is -2.55. The normalized spacial score (nSPS) is 20.1. The maximum atomic E-state index is 13.1. The van der Waals surface area contributed by atoms with Gasteiger partial charge in [0.05, 0.1) is 54.4 Å². The van der Waals surface area contributed by atoms with Crippen molar-refractivity contribution in [2.45, 2.75) is 24.9 Å². The average Bonchev–Trinajstić information content (AvgIpc) is 3.47. The molecule has 45 heavy (non-hydrogen) atoms. The number of aromatic nitrogens is 3. The number of nitriles is 1. The van der Waals surface area contributed by atoms with Gasteiger partial charge in [-0.15, -0.1) is 0 Å². The number of fused-ring (bicyclic) bond motifs is 4. The molecular formula is C32H37N8O4P. The second-order valence-electron chi connectivity index (χ2n) is 12.1. The zero-order valence-corrected chi connectivity index (χ0v) is 26.6. The van der Waals surface area contributed by atoms with Gasteiger partial charge in [-0.25, -0.2) is 0 Å². The van der Waals surface area contributed by atoms with E-state index in [2.05, 4.69) is 36.5 Å². The van der Waals surface area contributed by atoms with Crippen LogP contribution in [-0.4, -0.2) is 91.8 Å². The topological polar surface area (TPSA) is 141 Å². The SMILES string of the molecule is COc1cc2c(cc1Nc1nc(Nc3ccccc3P(C)(C)=O)c3c(C#N)c[nH]c3n1)OC[C@H]1C[C@H](N3CCOCC3)CCN21. The van der Waals surface area contributed by atoms with Crippen LogP contribution in [0.15, 0.2) is 42.6 Å². The molecule has 0 radical (unpaired) electrons. The number of anilines is 5. The molecule has 234 valence electrons. The van der Waals surface area contributed by atoms with Crippen LogP contribution in [0.1, 0.15) is 18.4 Å². The number of rotatable bonds is 7. The fourth-order valence-corrected chi connectivity index (χ4v) is 7.84. The van der Waals surface area contributed by atoms with Gasteiger partial charge < -0.3 is 39.3 Å². The number of aromatic amines is 1. The van der Waals surface area contributed by atoms with E-state index in [1.54, 1.807) is 26.6 Å². The van der Waals surface area contributed by atoms with Crippen LogP contribution in [0, 0.1) is 11.3 Å². The van der Waals surface area contributed by atoms with Gasteiger partial charge >= 0.3 is 0 Å². The van der Waals surface area contributed by atoms with Crippen LogP contribution in [0.25, 0.3) is 11.0 Å². The molecule has 0 spiro atoms. The molecule has 3 N–H and O–H groups in total. The lowest BCUT2D eigenvalue weighted by Gasteiger charge is -2.47. The molecule has 2 atom stereocenters. The first-order valence-corrected chi connectivity index (χ1v) is 17.8. The molecule has 7 rings (SSSR count). The number of morpholine rings is 1. The molecular weight excluding hydrogens is 591 g/mol. The highest BCUT2D eigenvalue weighted by Gasteiger charge is 2.37. The van der Waals surface area contributed by atoms with Gasteiger partial charge in [-0.3, -0.25) is 4.90 Å². The minimum absolute atomic E-state index is 0.295. The summed E-state index contributed by atoms with van der Waals surface area (Å²) in [6.45, 7) is 8.63. The zero-order valence-electron chi connectivity index (χ0n) is 25.7. The summed E-state index contributed by atoms with van der Waals surface area (Å²) in [5, 5.41) is 17.7. The molecule has 2 saturated heterocycles. The lowest BCUT2D eigenvalue weighted by atomic mass is 9.94. The summed E-state index contributed by atoms with van der Waals surface area (Å²) in [6.07, 6.45) is 3.76. The smallest absolute Gasteiger partial charge is 0.231 e. The predicted octanol–water partition coefficient (Wildman–Crippen LogP) is 4.64. The van der Waals surface area contributed by atoms with E-state index in [-0.39, 0.29) is 0 Å². The van der Waals surface area contributed by atoms with Crippen molar-refractivity contribution < 1.29 is 18.8 Å². The number of piperidine rings is 1. The number of benzene rings is 2. The Labute approximate surface area is 262 Å². The van der Waals surface area contributed by atoms with Crippen LogP contribution < -0.4 is 30.3 Å². The van der Waals surface area contributed by atoms with E-state index in [0.717, 1.165) is 57.1 Å². The molecule has 0 unspecified atom stereocenters. The predicted molar refractivity (Wildman–Crippen MR) is 176 cm³/mol. The second-order valence-corrected chi connectivity index (χ2v) is 15.2. The van der Waals surface area contributed by atoms with Crippen LogP contribution in [0.4, 0.5) is 28.8 Å². The minimum atomic E-state index is -2.60. The molecule has 0 aliphatic carbocycles. The minimum Gasteiger partial charge on any atom is -0.494 e. The van der Waals surface area contributed by atoms with Gasteiger partial charge in [-0.2, -0.15) is 15.2 Å². The number of nitrogens with zero attached hydrogens (tertiary/aromatic N) is 5. The quantitative estimate of drug-likeness (QED) is 0.247. The third-order valence-electron chi connectivity index (χ3n) is 8.91. The lowest BCUT2D eigenvalue weighted by molar-refractivity contribution is 0.00628. The molecule has 0 amide bonds. The fraction of sp³-hybridized carbons (Fsp3) is 0.406. The van der Waals surface area contributed by atoms with Gasteiger partial charge in [0.15, 0.2) is 0 Å². The van der Waals surface area contributed by atoms with Crippen molar-refractivity contribution in [1.29, 1.82) is 5.26 Å². The molecule has 2 aromatic heterocycles. The molecule has 3 aliphatic heterocycles. The van der Waals surface area contributed by atoms with Crippen molar-refractivity contribution in [2.75, 3.05) is 75.4 Å². The highest BCUT2D eigenvalue weighted by molar-refractivity contribution is 7.70. The number of hydrogen-bond acceptors (Lipinski definition) is 11. The molecule has 0 saturated carbocycles. The summed E-state index contributed by atoms with van der Waals surface area (Å²) in [5.74, 6) is 2.13. The summed E-state index contributed by atoms with van der Waals surface area (Å²) in [7, 11) is -0.960. The Morgan fingerprint density at radius 2 is 1.91 bits per heavy atom. The Kier molecular flexibility index (Phi) is 7.78. The van der Waals surface area contributed by atoms with Gasteiger partial charge in [0, 0.05) is 49.3 Å². The number of nitrogens with one attached hydrogen (secondary N) is 3. The third kappa shape index (κ3) is 5.68. The average molecular weight is 629 g/mol. The van der Waals surface area contributed by atoms with Gasteiger partial charge in [0.25, 0.3) is 0 Å². The van der Waals surface area contributed by atoms with E-state index in [1.807, 2.05) is 36.4 Å². The summed E-state index contributed by atoms with van der Waals surface area (Å²) in [6, 6.07) is 14.4. The Balaban J connectivity index is 1.19. The number of para-hydroxylation sites is 1. The van der Waals surface area contributed by atoms with Crippen LogP contribution in [0.3, 0.4) is 0 Å². The van der Waals surface area contributed by atoms with Gasteiger partial charge in [0.1, 0.15) is 42.8 Å². The maximum absolute atomic E-state index is 13.1. The van der Waals surface area contributed by atoms with Crippen molar-refractivity contribution in [3.8, 4) is 17.6 Å². The summed E-state index contributed by atoms with van der Waals surface area (Å²) >= 11 is 0. The number of hydrogen-bond donors (Lipinski definition) is 3. The monoisotopic (exact) mass is 628 g/mol. The maximum Gasteiger partial charge on any atom is 0.231 e. The summed E-state index contributed by atoms with van der Waals surface area (Å²) in [5.41, 5.74) is 3.23. The molecule has 5 heterocycles. The first-order chi connectivity index (χ1) is 21.8. The summed E-state index contributed by atoms with van der Waals surface area (Å²) < 4.78 is 30.8. The summed E-state index contributed by atoms with van der Waals surface area (Å²) in [4.78, 5) is 17.6. The first kappa shape index (κ1) is 29.4. The molecule has 2 fully saturated rings. The van der Waals surface area contributed by atoms with Gasteiger partial charge in [-0.1, -0.05) is 12.1 Å². The zero-order chi connectivity index (χ0) is 31.1. The van der Waals surface area contributed by atoms with Crippen molar-refractivity contribution >= 4 is 52.3 Å². The Morgan fingerprint density at radius 3 is 2.69 bits per heavy atom. The van der Waals surface area contributed by atoms with Gasteiger partial charge in [-0.05, 0) is 38.3 Å². The fourth-order valence-electron chi connectivity index (χ4n) is 6.69. The van der Waals surface area contributed by atoms with E-state index >= 15 is 0 Å². The van der Waals surface area contributed by atoms with Crippen LogP contribution >= 0.6 is 7.14 Å². The highest BCUT2D eigenvalue weighted by atomic mass is 31.2. The Bertz CT molecular complexity index is 1830. The number of ether oxygens (including phenoxy) is 3. The molecule has 2 aromatic carbocycles. The van der Waals surface area contributed by atoms with E-state index in [9.17, 15) is 9.83 Å². The Morgan fingerprint density at radius 1 is 1.09 bits per heavy atom. The van der Waals surface area contributed by atoms with E-state index in [0.29, 0.717) is 69.5 Å². The van der Waals surface area contributed by atoms with Crippen molar-refractivity contribution in [1.82, 2.24) is 19.9 Å². The standard InChI is InChI=1S/C32H37N8O4P/c1-42-26-16-25-27(44-19-22-14-21(8-9-40(22)25)39-10-12-43-13-11-39)15-24(26)36-32-37-30-29(20(17-33)18-34-30)31(38-32)35-23-6-4-5-7-28(23)45(2,3)41/h4-7,15-16,18,21-22H,8-14,19H2,1-3H3,(H3,34,35,36,37,38)/t21-,22-/m1/s1. The van der Waals surface area contributed by atoms with Crippen LogP contribution in [0.5, 0.6) is 11.5 Å². The van der Waals surface area contributed by atoms with Crippen LogP contribution in [-0.2, 0) is 9.30 Å². The molecule has 3 aliphatic rings. The van der Waals surface area contributed by atoms with Crippen molar-refractivity contribution in [2.24, 2.45) is 0 Å². The largest absolute Gasteiger partial charge is 0.494 e. The first-order valence-electron chi connectivity index (χ1n) is 15.2. The molecule has 0 bridgehead atoms. The molecule has 4 aromatic rings. The molecule has 12 nitrogen and oxygen atoms in total.